The molecule has 1 aliphatic rings. The van der Waals surface area contributed by atoms with Gasteiger partial charge in [-0.05, 0) is 68.7 Å². The summed E-state index contributed by atoms with van der Waals surface area (Å²) >= 11 is 0. The van der Waals surface area contributed by atoms with Crippen LogP contribution in [-0.4, -0.2) is 32.1 Å². The van der Waals surface area contributed by atoms with Crippen LogP contribution < -0.4 is 0 Å². The molecule has 26 heavy (non-hydrogen) atoms. The molecular formula is C21H22N4O. The quantitative estimate of drug-likeness (QED) is 0.723. The first-order valence-corrected chi connectivity index (χ1v) is 8.98. The summed E-state index contributed by atoms with van der Waals surface area (Å²) < 4.78 is 1.90. The van der Waals surface area contributed by atoms with Gasteiger partial charge in [0.25, 0.3) is 5.91 Å². The molecule has 0 radical (unpaired) electrons. The monoisotopic (exact) mass is 346 g/mol. The summed E-state index contributed by atoms with van der Waals surface area (Å²) in [5.41, 5.74) is 4.86. The highest BCUT2D eigenvalue weighted by atomic mass is 16.2. The van der Waals surface area contributed by atoms with Crippen LogP contribution in [0.4, 0.5) is 0 Å². The number of amides is 1. The molecule has 3 heterocycles. The van der Waals surface area contributed by atoms with Crippen LogP contribution in [0.2, 0.25) is 0 Å². The first kappa shape index (κ1) is 16.5. The molecule has 2 aromatic heterocycles. The van der Waals surface area contributed by atoms with E-state index in [2.05, 4.69) is 16.1 Å². The fourth-order valence-electron chi connectivity index (χ4n) is 3.73. The van der Waals surface area contributed by atoms with Gasteiger partial charge in [0.2, 0.25) is 0 Å². The second-order valence-corrected chi connectivity index (χ2v) is 6.83. The van der Waals surface area contributed by atoms with E-state index in [9.17, 15) is 4.79 Å². The van der Waals surface area contributed by atoms with Crippen molar-refractivity contribution in [3.8, 4) is 5.69 Å². The SMILES string of the molecule is Cc1cc(C)n(-c2ccc(C(=O)N3CCCC3c3cccnc3)cc2)n1. The predicted octanol–water partition coefficient (Wildman–Crippen LogP) is 3.86. The number of likely N-dealkylation sites (tertiary alicyclic amines) is 1. The molecule has 0 spiro atoms. The summed E-state index contributed by atoms with van der Waals surface area (Å²) in [6, 6.07) is 13.9. The molecule has 132 valence electrons. The number of benzene rings is 1. The summed E-state index contributed by atoms with van der Waals surface area (Å²) in [4.78, 5) is 19.2. The third-order valence-corrected chi connectivity index (χ3v) is 4.95. The van der Waals surface area contributed by atoms with Crippen molar-refractivity contribution in [3.05, 3.63) is 77.4 Å². The fourth-order valence-corrected chi connectivity index (χ4v) is 3.73. The molecule has 0 aliphatic carbocycles. The minimum atomic E-state index is 0.0799. The average Bonchev–Trinajstić information content (AvgIpc) is 3.28. The topological polar surface area (TPSA) is 51.0 Å². The van der Waals surface area contributed by atoms with Crippen molar-refractivity contribution in [1.82, 2.24) is 19.7 Å². The summed E-state index contributed by atoms with van der Waals surface area (Å²) in [5.74, 6) is 0.0799. The van der Waals surface area contributed by atoms with Crippen LogP contribution >= 0.6 is 0 Å². The standard InChI is InChI=1S/C21H22N4O/c1-15-13-16(2)25(23-15)19-9-7-17(8-10-19)21(26)24-12-4-6-20(24)18-5-3-11-22-14-18/h3,5,7-11,13-14,20H,4,6,12H2,1-2H3. The number of rotatable bonds is 3. The zero-order chi connectivity index (χ0) is 18.1. The van der Waals surface area contributed by atoms with E-state index in [0.29, 0.717) is 5.56 Å². The first-order chi connectivity index (χ1) is 12.6. The van der Waals surface area contributed by atoms with Crippen molar-refractivity contribution in [3.63, 3.8) is 0 Å². The third-order valence-electron chi connectivity index (χ3n) is 4.95. The van der Waals surface area contributed by atoms with E-state index in [-0.39, 0.29) is 11.9 Å². The van der Waals surface area contributed by atoms with Crippen molar-refractivity contribution in [2.24, 2.45) is 0 Å². The van der Waals surface area contributed by atoms with Crippen LogP contribution in [0.5, 0.6) is 0 Å². The van der Waals surface area contributed by atoms with Crippen LogP contribution in [0.25, 0.3) is 5.69 Å². The average molecular weight is 346 g/mol. The Kier molecular flexibility index (Phi) is 4.29. The van der Waals surface area contributed by atoms with Crippen LogP contribution in [0.15, 0.2) is 54.9 Å². The minimum Gasteiger partial charge on any atom is -0.332 e. The highest BCUT2D eigenvalue weighted by Gasteiger charge is 2.30. The number of carbonyl (C=O) groups excluding carboxylic acids is 1. The van der Waals surface area contributed by atoms with Gasteiger partial charge in [0.05, 0.1) is 17.4 Å². The lowest BCUT2D eigenvalue weighted by atomic mass is 10.1. The van der Waals surface area contributed by atoms with E-state index in [4.69, 9.17) is 0 Å². The Balaban J connectivity index is 1.57. The molecule has 1 saturated heterocycles. The maximum atomic E-state index is 13.0. The summed E-state index contributed by atoms with van der Waals surface area (Å²) in [7, 11) is 0. The molecule has 0 bridgehead atoms. The minimum absolute atomic E-state index is 0.0799. The lowest BCUT2D eigenvalue weighted by Gasteiger charge is -2.25. The van der Waals surface area contributed by atoms with Crippen LogP contribution in [0.3, 0.4) is 0 Å². The van der Waals surface area contributed by atoms with Crippen molar-refractivity contribution >= 4 is 5.91 Å². The van der Waals surface area contributed by atoms with Crippen molar-refractivity contribution in [2.45, 2.75) is 32.7 Å². The zero-order valence-electron chi connectivity index (χ0n) is 15.1. The van der Waals surface area contributed by atoms with E-state index >= 15 is 0 Å². The Morgan fingerprint density at radius 2 is 1.96 bits per heavy atom. The van der Waals surface area contributed by atoms with Crippen LogP contribution in [0, 0.1) is 13.8 Å². The number of hydrogen-bond donors (Lipinski definition) is 0. The second-order valence-electron chi connectivity index (χ2n) is 6.83. The molecular weight excluding hydrogens is 324 g/mol. The Labute approximate surface area is 153 Å². The molecule has 3 aromatic rings. The Morgan fingerprint density at radius 1 is 1.15 bits per heavy atom. The molecule has 1 atom stereocenters. The van der Waals surface area contributed by atoms with Gasteiger partial charge in [-0.3, -0.25) is 9.78 Å². The van der Waals surface area contributed by atoms with Gasteiger partial charge in [-0.2, -0.15) is 5.10 Å². The smallest absolute Gasteiger partial charge is 0.254 e. The molecule has 1 aromatic carbocycles. The van der Waals surface area contributed by atoms with Crippen molar-refractivity contribution in [1.29, 1.82) is 0 Å². The largest absolute Gasteiger partial charge is 0.332 e. The molecule has 0 saturated carbocycles. The highest BCUT2D eigenvalue weighted by Crippen LogP contribution is 2.32. The van der Waals surface area contributed by atoms with Gasteiger partial charge in [0.15, 0.2) is 0 Å². The van der Waals surface area contributed by atoms with Crippen LogP contribution in [-0.2, 0) is 0 Å². The summed E-state index contributed by atoms with van der Waals surface area (Å²) in [6.45, 7) is 4.80. The normalized spacial score (nSPS) is 16.8. The molecule has 1 unspecified atom stereocenters. The van der Waals surface area contributed by atoms with Gasteiger partial charge in [0.1, 0.15) is 0 Å². The Hall–Kier alpha value is -2.95. The maximum absolute atomic E-state index is 13.0. The number of pyridine rings is 1. The van der Waals surface area contributed by atoms with Gasteiger partial charge >= 0.3 is 0 Å². The molecule has 1 amide bonds. The highest BCUT2D eigenvalue weighted by molar-refractivity contribution is 5.94. The van der Waals surface area contributed by atoms with E-state index < -0.39 is 0 Å². The van der Waals surface area contributed by atoms with Gasteiger partial charge in [-0.25, -0.2) is 4.68 Å². The van der Waals surface area contributed by atoms with Gasteiger partial charge in [-0.15, -0.1) is 0 Å². The lowest BCUT2D eigenvalue weighted by molar-refractivity contribution is 0.0735. The van der Waals surface area contributed by atoms with E-state index in [1.165, 1.54) is 0 Å². The molecule has 5 nitrogen and oxygen atoms in total. The van der Waals surface area contributed by atoms with Crippen molar-refractivity contribution < 1.29 is 4.79 Å². The van der Waals surface area contributed by atoms with Gasteiger partial charge in [0, 0.05) is 30.2 Å². The summed E-state index contributed by atoms with van der Waals surface area (Å²) in [6.07, 6.45) is 5.64. The lowest BCUT2D eigenvalue weighted by Crippen LogP contribution is -2.30. The Bertz CT molecular complexity index is 915. The summed E-state index contributed by atoms with van der Waals surface area (Å²) in [5, 5.41) is 4.50. The molecule has 4 rings (SSSR count). The molecule has 0 N–H and O–H groups in total. The zero-order valence-corrected chi connectivity index (χ0v) is 15.1. The number of hydrogen-bond acceptors (Lipinski definition) is 3. The number of carbonyl (C=O) groups is 1. The van der Waals surface area contributed by atoms with E-state index in [0.717, 1.165) is 42.0 Å². The van der Waals surface area contributed by atoms with E-state index in [1.54, 1.807) is 6.20 Å². The molecule has 1 fully saturated rings. The second kappa shape index (κ2) is 6.75. The van der Waals surface area contributed by atoms with Gasteiger partial charge in [-0.1, -0.05) is 6.07 Å². The van der Waals surface area contributed by atoms with E-state index in [1.807, 2.05) is 66.0 Å². The first-order valence-electron chi connectivity index (χ1n) is 8.98. The third kappa shape index (κ3) is 3.01. The predicted molar refractivity (Wildman–Crippen MR) is 100 cm³/mol. The van der Waals surface area contributed by atoms with Crippen LogP contribution in [0.1, 0.15) is 46.2 Å². The maximum Gasteiger partial charge on any atom is 0.254 e. The van der Waals surface area contributed by atoms with Gasteiger partial charge < -0.3 is 4.90 Å². The molecule has 5 heteroatoms. The molecule has 1 aliphatic heterocycles. The number of aryl methyl sites for hydroxylation is 2. The van der Waals surface area contributed by atoms with Crippen molar-refractivity contribution in [2.75, 3.05) is 6.54 Å². The number of nitrogens with zero attached hydrogens (tertiary/aromatic N) is 4. The Morgan fingerprint density at radius 3 is 2.62 bits per heavy atom. The number of aromatic nitrogens is 3. The fraction of sp³-hybridized carbons (Fsp3) is 0.286.